The van der Waals surface area contributed by atoms with E-state index in [9.17, 15) is 4.79 Å². The summed E-state index contributed by atoms with van der Waals surface area (Å²) in [4.78, 5) is 12.0. The summed E-state index contributed by atoms with van der Waals surface area (Å²) in [5, 5.41) is 0. The van der Waals surface area contributed by atoms with Crippen LogP contribution in [0.4, 0.5) is 0 Å². The number of carbonyl (C=O) groups is 1. The van der Waals surface area contributed by atoms with Crippen LogP contribution in [0.3, 0.4) is 0 Å². The summed E-state index contributed by atoms with van der Waals surface area (Å²) < 4.78 is 10.3. The van der Waals surface area contributed by atoms with Gasteiger partial charge in [0.2, 0.25) is 0 Å². The Kier molecular flexibility index (Phi) is 18.6. The molecular formula is C24H44O3. The molecular weight excluding hydrogens is 336 g/mol. The van der Waals surface area contributed by atoms with Crippen molar-refractivity contribution in [1.29, 1.82) is 0 Å². The van der Waals surface area contributed by atoms with Gasteiger partial charge in [-0.05, 0) is 13.3 Å². The minimum absolute atomic E-state index is 0.211. The Labute approximate surface area is 168 Å². The van der Waals surface area contributed by atoms with Gasteiger partial charge in [0.1, 0.15) is 6.10 Å². The second-order valence-corrected chi connectivity index (χ2v) is 7.60. The lowest BCUT2D eigenvalue weighted by atomic mass is 9.95. The van der Waals surface area contributed by atoms with Gasteiger partial charge >= 0.3 is 5.97 Å². The highest BCUT2D eigenvalue weighted by molar-refractivity contribution is 5.73. The van der Waals surface area contributed by atoms with Gasteiger partial charge in [-0.2, -0.15) is 0 Å². The van der Waals surface area contributed by atoms with Crippen LogP contribution in [0.1, 0.15) is 110 Å². The number of ether oxygens (including phenoxy) is 2. The van der Waals surface area contributed by atoms with Crippen molar-refractivity contribution in [3.8, 4) is 0 Å². The molecule has 0 spiro atoms. The highest BCUT2D eigenvalue weighted by Gasteiger charge is 2.26. The molecule has 2 unspecified atom stereocenters. The summed E-state index contributed by atoms with van der Waals surface area (Å²) in [5.41, 5.74) is 0. The smallest absolute Gasteiger partial charge is 0.317 e. The van der Waals surface area contributed by atoms with Crippen LogP contribution in [-0.4, -0.2) is 12.1 Å². The first-order valence-electron chi connectivity index (χ1n) is 11.2. The molecule has 0 aromatic carbocycles. The van der Waals surface area contributed by atoms with E-state index >= 15 is 0 Å². The van der Waals surface area contributed by atoms with E-state index in [4.69, 9.17) is 9.47 Å². The maximum absolute atomic E-state index is 12.0. The standard InChI is InChI=1S/C24H44O3/c1-5-8-9-10-11-12-13-14-15-16-17-18-19-20-21-23(22(4)26-6-2)24(25)27-7-3/h6-7,22-23H,2-3,5,8-21H2,1,4H3. The van der Waals surface area contributed by atoms with Crippen LogP contribution in [0.25, 0.3) is 0 Å². The van der Waals surface area contributed by atoms with Crippen molar-refractivity contribution in [2.24, 2.45) is 5.92 Å². The lowest BCUT2D eigenvalue weighted by Crippen LogP contribution is -2.28. The van der Waals surface area contributed by atoms with E-state index in [0.717, 1.165) is 19.3 Å². The van der Waals surface area contributed by atoms with Gasteiger partial charge in [-0.15, -0.1) is 0 Å². The molecule has 0 aliphatic rings. The Hall–Kier alpha value is -1.25. The zero-order valence-corrected chi connectivity index (χ0v) is 18.1. The molecule has 0 bridgehead atoms. The van der Waals surface area contributed by atoms with Gasteiger partial charge in [0, 0.05) is 0 Å². The number of hydrogen-bond acceptors (Lipinski definition) is 3. The number of hydrogen-bond donors (Lipinski definition) is 0. The van der Waals surface area contributed by atoms with Crippen molar-refractivity contribution in [3.63, 3.8) is 0 Å². The summed E-state index contributed by atoms with van der Waals surface area (Å²) in [5.74, 6) is -0.507. The first kappa shape index (κ1) is 25.8. The molecule has 0 saturated heterocycles. The number of esters is 1. The maximum Gasteiger partial charge on any atom is 0.317 e. The Balaban J connectivity index is 3.60. The molecule has 0 N–H and O–H groups in total. The summed E-state index contributed by atoms with van der Waals surface area (Å²) in [6.07, 6.45) is 21.8. The lowest BCUT2D eigenvalue weighted by molar-refractivity contribution is -0.146. The first-order chi connectivity index (χ1) is 13.2. The molecule has 0 saturated carbocycles. The van der Waals surface area contributed by atoms with Crippen LogP contribution in [-0.2, 0) is 14.3 Å². The molecule has 0 aliphatic carbocycles. The molecule has 158 valence electrons. The largest absolute Gasteiger partial charge is 0.498 e. The molecule has 0 aliphatic heterocycles. The summed E-state index contributed by atoms with van der Waals surface area (Å²) in [7, 11) is 0. The van der Waals surface area contributed by atoms with Gasteiger partial charge in [0.15, 0.2) is 0 Å². The average Bonchev–Trinajstić information content (AvgIpc) is 2.65. The van der Waals surface area contributed by atoms with Crippen LogP contribution in [0.2, 0.25) is 0 Å². The van der Waals surface area contributed by atoms with E-state index in [1.165, 1.54) is 89.6 Å². The second-order valence-electron chi connectivity index (χ2n) is 7.60. The summed E-state index contributed by atoms with van der Waals surface area (Å²) in [6.45, 7) is 11.2. The average molecular weight is 381 g/mol. The summed E-state index contributed by atoms with van der Waals surface area (Å²) >= 11 is 0. The minimum atomic E-state index is -0.256. The molecule has 0 amide bonds. The van der Waals surface area contributed by atoms with Gasteiger partial charge in [0.25, 0.3) is 0 Å². The quantitative estimate of drug-likeness (QED) is 0.123. The molecule has 0 radical (unpaired) electrons. The third kappa shape index (κ3) is 15.5. The van der Waals surface area contributed by atoms with Crippen LogP contribution in [0, 0.1) is 5.92 Å². The van der Waals surface area contributed by atoms with Crippen molar-refractivity contribution in [2.45, 2.75) is 116 Å². The van der Waals surface area contributed by atoms with E-state index < -0.39 is 0 Å². The molecule has 2 atom stereocenters. The van der Waals surface area contributed by atoms with E-state index in [0.29, 0.717) is 0 Å². The van der Waals surface area contributed by atoms with Gasteiger partial charge < -0.3 is 9.47 Å². The van der Waals surface area contributed by atoms with Gasteiger partial charge in [-0.25, -0.2) is 0 Å². The SMILES string of the molecule is C=COC(=O)C(CCCCCCCCCCCCCCCC)C(C)OC=C. The van der Waals surface area contributed by atoms with Crippen LogP contribution in [0.5, 0.6) is 0 Å². The van der Waals surface area contributed by atoms with Gasteiger partial charge in [-0.1, -0.05) is 110 Å². The van der Waals surface area contributed by atoms with E-state index in [-0.39, 0.29) is 18.0 Å². The molecule has 0 heterocycles. The Morgan fingerprint density at radius 2 is 1.22 bits per heavy atom. The first-order valence-corrected chi connectivity index (χ1v) is 11.2. The molecule has 0 aromatic heterocycles. The normalized spacial score (nSPS) is 13.0. The molecule has 0 aromatic rings. The topological polar surface area (TPSA) is 35.5 Å². The predicted molar refractivity (Wildman–Crippen MR) is 115 cm³/mol. The third-order valence-corrected chi connectivity index (χ3v) is 5.25. The highest BCUT2D eigenvalue weighted by atomic mass is 16.5. The van der Waals surface area contributed by atoms with Crippen LogP contribution >= 0.6 is 0 Å². The molecule has 0 fully saturated rings. The zero-order chi connectivity index (χ0) is 20.2. The molecule has 3 nitrogen and oxygen atoms in total. The Morgan fingerprint density at radius 3 is 1.63 bits per heavy atom. The van der Waals surface area contributed by atoms with Crippen molar-refractivity contribution in [1.82, 2.24) is 0 Å². The fraction of sp³-hybridized carbons (Fsp3) is 0.792. The molecule has 3 heteroatoms. The van der Waals surface area contributed by atoms with Gasteiger partial charge in [0.05, 0.1) is 18.4 Å². The third-order valence-electron chi connectivity index (χ3n) is 5.25. The van der Waals surface area contributed by atoms with Crippen molar-refractivity contribution in [3.05, 3.63) is 25.7 Å². The van der Waals surface area contributed by atoms with E-state index in [1.807, 2.05) is 6.92 Å². The van der Waals surface area contributed by atoms with E-state index in [2.05, 4.69) is 20.1 Å². The van der Waals surface area contributed by atoms with Crippen LogP contribution < -0.4 is 0 Å². The second kappa shape index (κ2) is 19.5. The minimum Gasteiger partial charge on any atom is -0.498 e. The highest BCUT2D eigenvalue weighted by Crippen LogP contribution is 2.20. The predicted octanol–water partition coefficient (Wildman–Crippen LogP) is 7.71. The molecule has 0 rings (SSSR count). The number of unbranched alkanes of at least 4 members (excludes halogenated alkanes) is 13. The number of carbonyl (C=O) groups excluding carboxylic acids is 1. The summed E-state index contributed by atoms with van der Waals surface area (Å²) in [6, 6.07) is 0. The Morgan fingerprint density at radius 1 is 0.778 bits per heavy atom. The van der Waals surface area contributed by atoms with Crippen molar-refractivity contribution in [2.75, 3.05) is 0 Å². The monoisotopic (exact) mass is 380 g/mol. The van der Waals surface area contributed by atoms with Crippen molar-refractivity contribution < 1.29 is 14.3 Å². The zero-order valence-electron chi connectivity index (χ0n) is 18.1. The lowest BCUT2D eigenvalue weighted by Gasteiger charge is -2.21. The Bertz CT molecular complexity index is 365. The van der Waals surface area contributed by atoms with Gasteiger partial charge in [-0.3, -0.25) is 4.79 Å². The van der Waals surface area contributed by atoms with E-state index in [1.54, 1.807) is 0 Å². The maximum atomic E-state index is 12.0. The van der Waals surface area contributed by atoms with Crippen LogP contribution in [0.15, 0.2) is 25.7 Å². The molecule has 27 heavy (non-hydrogen) atoms. The van der Waals surface area contributed by atoms with Crippen molar-refractivity contribution >= 4 is 5.97 Å². The fourth-order valence-electron chi connectivity index (χ4n) is 3.52. The number of rotatable bonds is 20. The fourth-order valence-corrected chi connectivity index (χ4v) is 3.52.